The number of benzene rings is 1. The molecule has 170 valence electrons. The molecule has 4 aromatic rings. The van der Waals surface area contributed by atoms with Gasteiger partial charge < -0.3 is 15.0 Å². The van der Waals surface area contributed by atoms with Gasteiger partial charge in [0.05, 0.1) is 30.3 Å². The number of rotatable bonds is 7. The molecular weight excluding hydrogens is 418 g/mol. The lowest BCUT2D eigenvalue weighted by molar-refractivity contribution is 0.0822. The number of methoxy groups -OCH3 is 1. The van der Waals surface area contributed by atoms with Crippen LogP contribution < -0.4 is 10.1 Å². The van der Waals surface area contributed by atoms with E-state index >= 15 is 0 Å². The molecule has 33 heavy (non-hydrogen) atoms. The van der Waals surface area contributed by atoms with Crippen LogP contribution in [-0.2, 0) is 6.54 Å². The highest BCUT2D eigenvalue weighted by atomic mass is 16.5. The quantitative estimate of drug-likeness (QED) is 0.465. The number of hydrogen-bond acceptors (Lipinski definition) is 7. The van der Waals surface area contributed by atoms with E-state index in [1.807, 2.05) is 35.0 Å². The second-order valence-corrected chi connectivity index (χ2v) is 8.20. The maximum Gasteiger partial charge on any atom is 0.272 e. The number of carbonyl (C=O) groups excluding carboxylic acids is 1. The molecule has 0 aliphatic carbocycles. The third-order valence-electron chi connectivity index (χ3n) is 5.12. The number of anilines is 1. The molecule has 9 heteroatoms. The minimum absolute atomic E-state index is 0.178. The van der Waals surface area contributed by atoms with E-state index in [1.165, 1.54) is 11.2 Å². The first-order valence-electron chi connectivity index (χ1n) is 10.7. The summed E-state index contributed by atoms with van der Waals surface area (Å²) in [5.41, 5.74) is 3.51. The van der Waals surface area contributed by atoms with Gasteiger partial charge in [-0.15, -0.1) is 0 Å². The van der Waals surface area contributed by atoms with Crippen LogP contribution in [-0.4, -0.2) is 62.8 Å². The lowest BCUT2D eigenvalue weighted by atomic mass is 10.1. The summed E-state index contributed by atoms with van der Waals surface area (Å²) in [6, 6.07) is 11.7. The molecule has 3 aromatic heterocycles. The average Bonchev–Trinajstić information content (AvgIpc) is 3.18. The van der Waals surface area contributed by atoms with Gasteiger partial charge in [-0.25, -0.2) is 15.0 Å². The molecule has 0 radical (unpaired) electrons. The standard InChI is InChI=1S/C24H27N7O2/c1-15(2)28-23-21-20(10-11-25-23)31(13-16-6-8-17(33-5)9-7-16)29-22(21)18-12-19(27-14-26-18)24(32)30(3)4/h6-12,14-15H,13H2,1-5H3,(H,25,28). The summed E-state index contributed by atoms with van der Waals surface area (Å²) in [6.45, 7) is 4.67. The largest absolute Gasteiger partial charge is 0.497 e. The van der Waals surface area contributed by atoms with E-state index in [1.54, 1.807) is 33.5 Å². The predicted octanol–water partition coefficient (Wildman–Crippen LogP) is 3.47. The van der Waals surface area contributed by atoms with Crippen LogP contribution in [0.2, 0.25) is 0 Å². The number of ether oxygens (including phenoxy) is 1. The van der Waals surface area contributed by atoms with E-state index in [-0.39, 0.29) is 11.9 Å². The number of nitrogens with zero attached hydrogens (tertiary/aromatic N) is 6. The van der Waals surface area contributed by atoms with E-state index in [4.69, 9.17) is 9.84 Å². The van der Waals surface area contributed by atoms with Crippen LogP contribution in [0.15, 0.2) is 48.9 Å². The van der Waals surface area contributed by atoms with Crippen molar-refractivity contribution >= 4 is 22.6 Å². The SMILES string of the molecule is COc1ccc(Cn2nc(-c3cc(C(=O)N(C)C)ncn3)c3c(NC(C)C)nccc32)cc1. The summed E-state index contributed by atoms with van der Waals surface area (Å²) in [7, 11) is 5.03. The Morgan fingerprint density at radius 3 is 2.55 bits per heavy atom. The number of carbonyl (C=O) groups is 1. The Balaban J connectivity index is 1.86. The van der Waals surface area contributed by atoms with Crippen molar-refractivity contribution in [3.8, 4) is 17.1 Å². The molecule has 0 bridgehead atoms. The summed E-state index contributed by atoms with van der Waals surface area (Å²) < 4.78 is 7.19. The number of fused-ring (bicyclic) bond motifs is 1. The van der Waals surface area contributed by atoms with Crippen LogP contribution in [0.4, 0.5) is 5.82 Å². The van der Waals surface area contributed by atoms with Crippen LogP contribution in [0.5, 0.6) is 5.75 Å². The summed E-state index contributed by atoms with van der Waals surface area (Å²) in [5.74, 6) is 1.33. The van der Waals surface area contributed by atoms with Crippen LogP contribution in [0, 0.1) is 0 Å². The second kappa shape index (κ2) is 9.23. The summed E-state index contributed by atoms with van der Waals surface area (Å²) in [6.07, 6.45) is 3.16. The third kappa shape index (κ3) is 4.62. The lowest BCUT2D eigenvalue weighted by Crippen LogP contribution is -2.22. The fourth-order valence-electron chi connectivity index (χ4n) is 3.54. The van der Waals surface area contributed by atoms with Crippen molar-refractivity contribution in [3.05, 3.63) is 60.2 Å². The first-order chi connectivity index (χ1) is 15.9. The van der Waals surface area contributed by atoms with Gasteiger partial charge in [-0.1, -0.05) is 12.1 Å². The molecule has 1 N–H and O–H groups in total. The van der Waals surface area contributed by atoms with Gasteiger partial charge in [0.25, 0.3) is 5.91 Å². The van der Waals surface area contributed by atoms with Gasteiger partial charge in [0, 0.05) is 26.3 Å². The molecule has 3 heterocycles. The molecule has 4 rings (SSSR count). The number of hydrogen-bond donors (Lipinski definition) is 1. The molecule has 0 aliphatic heterocycles. The Hall–Kier alpha value is -4.01. The van der Waals surface area contributed by atoms with Crippen LogP contribution in [0.25, 0.3) is 22.3 Å². The topological polar surface area (TPSA) is 98.1 Å². The fourth-order valence-corrected chi connectivity index (χ4v) is 3.54. The molecular formula is C24H27N7O2. The normalized spacial score (nSPS) is 11.1. The summed E-state index contributed by atoms with van der Waals surface area (Å²) >= 11 is 0. The van der Waals surface area contributed by atoms with Gasteiger partial charge in [-0.2, -0.15) is 5.10 Å². The Bertz CT molecular complexity index is 1280. The number of nitrogens with one attached hydrogen (secondary N) is 1. The highest BCUT2D eigenvalue weighted by Crippen LogP contribution is 2.32. The van der Waals surface area contributed by atoms with Gasteiger partial charge in [-0.05, 0) is 43.7 Å². The van der Waals surface area contributed by atoms with Gasteiger partial charge >= 0.3 is 0 Å². The number of amides is 1. The molecule has 0 aliphatic rings. The zero-order valence-corrected chi connectivity index (χ0v) is 19.4. The van der Waals surface area contributed by atoms with E-state index in [0.717, 1.165) is 28.0 Å². The molecule has 9 nitrogen and oxygen atoms in total. The minimum atomic E-state index is -0.195. The predicted molar refractivity (Wildman–Crippen MR) is 127 cm³/mol. The molecule has 0 fully saturated rings. The zero-order valence-electron chi connectivity index (χ0n) is 19.4. The van der Waals surface area contributed by atoms with E-state index in [0.29, 0.717) is 23.6 Å². The number of pyridine rings is 1. The van der Waals surface area contributed by atoms with Crippen LogP contribution in [0.3, 0.4) is 0 Å². The van der Waals surface area contributed by atoms with Crippen molar-refractivity contribution < 1.29 is 9.53 Å². The van der Waals surface area contributed by atoms with Gasteiger partial charge in [0.2, 0.25) is 0 Å². The Morgan fingerprint density at radius 1 is 1.12 bits per heavy atom. The Morgan fingerprint density at radius 2 is 1.88 bits per heavy atom. The molecule has 0 saturated heterocycles. The summed E-state index contributed by atoms with van der Waals surface area (Å²) in [4.78, 5) is 27.1. The first kappa shape index (κ1) is 22.2. The van der Waals surface area contributed by atoms with Crippen molar-refractivity contribution in [1.29, 1.82) is 0 Å². The average molecular weight is 446 g/mol. The molecule has 0 atom stereocenters. The fraction of sp³-hybridized carbons (Fsp3) is 0.292. The van der Waals surface area contributed by atoms with Crippen molar-refractivity contribution in [2.45, 2.75) is 26.4 Å². The number of aromatic nitrogens is 5. The summed E-state index contributed by atoms with van der Waals surface area (Å²) in [5, 5.41) is 9.16. The highest BCUT2D eigenvalue weighted by molar-refractivity contribution is 6.01. The lowest BCUT2D eigenvalue weighted by Gasteiger charge is -2.11. The monoisotopic (exact) mass is 445 g/mol. The van der Waals surface area contributed by atoms with E-state index in [9.17, 15) is 4.79 Å². The van der Waals surface area contributed by atoms with Gasteiger partial charge in [0.1, 0.15) is 29.3 Å². The highest BCUT2D eigenvalue weighted by Gasteiger charge is 2.20. The third-order valence-corrected chi connectivity index (χ3v) is 5.12. The minimum Gasteiger partial charge on any atom is -0.497 e. The Kier molecular flexibility index (Phi) is 6.21. The van der Waals surface area contributed by atoms with Gasteiger partial charge in [-0.3, -0.25) is 9.48 Å². The molecule has 0 unspecified atom stereocenters. The second-order valence-electron chi connectivity index (χ2n) is 8.20. The van der Waals surface area contributed by atoms with Gasteiger partial charge in [0.15, 0.2) is 0 Å². The van der Waals surface area contributed by atoms with E-state index < -0.39 is 0 Å². The zero-order chi connectivity index (χ0) is 23.5. The smallest absolute Gasteiger partial charge is 0.272 e. The van der Waals surface area contributed by atoms with Crippen LogP contribution >= 0.6 is 0 Å². The molecule has 1 amide bonds. The molecule has 1 aromatic carbocycles. The molecule has 0 saturated carbocycles. The van der Waals surface area contributed by atoms with Crippen LogP contribution in [0.1, 0.15) is 29.9 Å². The van der Waals surface area contributed by atoms with E-state index in [2.05, 4.69) is 34.1 Å². The van der Waals surface area contributed by atoms with Crippen molar-refractivity contribution in [3.63, 3.8) is 0 Å². The van der Waals surface area contributed by atoms with Crippen molar-refractivity contribution in [2.24, 2.45) is 0 Å². The first-order valence-corrected chi connectivity index (χ1v) is 10.7. The molecule has 0 spiro atoms. The van der Waals surface area contributed by atoms with Crippen molar-refractivity contribution in [1.82, 2.24) is 29.6 Å². The Labute approximate surface area is 192 Å². The van der Waals surface area contributed by atoms with Crippen molar-refractivity contribution in [2.75, 3.05) is 26.5 Å². The maximum atomic E-state index is 12.5. The maximum absolute atomic E-state index is 12.5.